The van der Waals surface area contributed by atoms with Crippen molar-refractivity contribution >= 4 is 5.97 Å². The third kappa shape index (κ3) is 3.15. The van der Waals surface area contributed by atoms with Crippen molar-refractivity contribution in [1.82, 2.24) is 0 Å². The molecule has 1 aromatic carbocycles. The van der Waals surface area contributed by atoms with Crippen molar-refractivity contribution in [3.05, 3.63) is 28.8 Å². The van der Waals surface area contributed by atoms with Crippen LogP contribution in [0.3, 0.4) is 0 Å². The number of hydrogen-bond acceptors (Lipinski definition) is 5. The van der Waals surface area contributed by atoms with E-state index in [0.717, 1.165) is 12.8 Å². The number of allylic oxidation sites excluding steroid dienone is 2. The lowest BCUT2D eigenvalue weighted by atomic mass is 9.48. The van der Waals surface area contributed by atoms with Crippen LogP contribution in [0.2, 0.25) is 0 Å². The van der Waals surface area contributed by atoms with E-state index in [4.69, 9.17) is 4.74 Å². The Balaban J connectivity index is 2.05. The minimum atomic E-state index is -0.743. The average Bonchev–Trinajstić information content (AvgIpc) is 2.63. The summed E-state index contributed by atoms with van der Waals surface area (Å²) in [4.78, 5) is 12.0. The molecule has 0 heterocycles. The van der Waals surface area contributed by atoms with Gasteiger partial charge in [0.25, 0.3) is 0 Å². The highest BCUT2D eigenvalue weighted by molar-refractivity contribution is 5.94. The SMILES string of the molecule is COC(=O)c1cc(CC2C(C)=CCC3C(C)(C)CCCC23C)c(O)c(O)c1O. The van der Waals surface area contributed by atoms with Crippen molar-refractivity contribution in [2.24, 2.45) is 22.7 Å². The number of methoxy groups -OCH3 is 1. The van der Waals surface area contributed by atoms with Crippen LogP contribution in [-0.2, 0) is 11.2 Å². The van der Waals surface area contributed by atoms with E-state index in [-0.39, 0.29) is 28.1 Å². The normalized spacial score (nSPS) is 29.0. The maximum absolute atomic E-state index is 12.0. The van der Waals surface area contributed by atoms with E-state index >= 15 is 0 Å². The molecule has 1 fully saturated rings. The van der Waals surface area contributed by atoms with Crippen LogP contribution in [-0.4, -0.2) is 28.4 Å². The molecule has 1 saturated carbocycles. The lowest BCUT2D eigenvalue weighted by Gasteiger charge is -2.57. The summed E-state index contributed by atoms with van der Waals surface area (Å²) in [6.07, 6.45) is 7.37. The number of aromatic hydroxyl groups is 3. The first-order chi connectivity index (χ1) is 13.0. The molecule has 2 aliphatic rings. The van der Waals surface area contributed by atoms with E-state index in [9.17, 15) is 20.1 Å². The van der Waals surface area contributed by atoms with E-state index in [2.05, 4.69) is 33.8 Å². The summed E-state index contributed by atoms with van der Waals surface area (Å²) in [6, 6.07) is 1.45. The standard InChI is InChI=1S/C23H32O5/c1-13-7-8-17-22(2,3)9-6-10-23(17,4)16(13)12-14-11-15(21(27)28-5)19(25)20(26)18(14)24/h7,11,16-17,24-26H,6,8-10,12H2,1-5H3. The first kappa shape index (κ1) is 20.6. The third-order valence-electron chi connectivity index (χ3n) is 7.45. The number of phenols is 3. The molecular weight excluding hydrogens is 356 g/mol. The zero-order chi connectivity index (χ0) is 20.9. The fraction of sp³-hybridized carbons (Fsp3) is 0.609. The first-order valence-corrected chi connectivity index (χ1v) is 10.0. The first-order valence-electron chi connectivity index (χ1n) is 10.0. The minimum Gasteiger partial charge on any atom is -0.504 e. The highest BCUT2D eigenvalue weighted by Gasteiger charge is 2.51. The van der Waals surface area contributed by atoms with Crippen LogP contribution in [0.15, 0.2) is 17.7 Å². The Morgan fingerprint density at radius 2 is 1.82 bits per heavy atom. The Morgan fingerprint density at radius 3 is 2.46 bits per heavy atom. The van der Waals surface area contributed by atoms with Crippen molar-refractivity contribution in [2.75, 3.05) is 7.11 Å². The molecule has 28 heavy (non-hydrogen) atoms. The van der Waals surface area contributed by atoms with E-state index < -0.39 is 17.5 Å². The molecule has 0 spiro atoms. The molecule has 154 valence electrons. The molecule has 0 aliphatic heterocycles. The number of rotatable bonds is 3. The van der Waals surface area contributed by atoms with Gasteiger partial charge in [0.1, 0.15) is 5.56 Å². The molecule has 3 unspecified atom stereocenters. The van der Waals surface area contributed by atoms with Crippen LogP contribution in [0.1, 0.15) is 69.3 Å². The quantitative estimate of drug-likeness (QED) is 0.388. The average molecular weight is 389 g/mol. The predicted molar refractivity (Wildman–Crippen MR) is 108 cm³/mol. The maximum atomic E-state index is 12.0. The zero-order valence-corrected chi connectivity index (χ0v) is 17.5. The van der Waals surface area contributed by atoms with Crippen molar-refractivity contribution in [2.45, 2.75) is 59.8 Å². The predicted octanol–water partition coefficient (Wildman–Crippen LogP) is 4.93. The summed E-state index contributed by atoms with van der Waals surface area (Å²) in [5.74, 6) is -1.69. The Morgan fingerprint density at radius 1 is 1.14 bits per heavy atom. The Kier molecular flexibility index (Phi) is 5.15. The van der Waals surface area contributed by atoms with Gasteiger partial charge in [-0.25, -0.2) is 4.79 Å². The van der Waals surface area contributed by atoms with Crippen LogP contribution in [0, 0.1) is 22.7 Å². The number of fused-ring (bicyclic) bond motifs is 1. The van der Waals surface area contributed by atoms with Crippen molar-refractivity contribution in [3.63, 3.8) is 0 Å². The molecule has 5 nitrogen and oxygen atoms in total. The van der Waals surface area contributed by atoms with Gasteiger partial charge in [0.05, 0.1) is 7.11 Å². The van der Waals surface area contributed by atoms with Gasteiger partial charge < -0.3 is 20.1 Å². The lowest BCUT2D eigenvalue weighted by molar-refractivity contribution is -0.0369. The van der Waals surface area contributed by atoms with Crippen molar-refractivity contribution in [3.8, 4) is 17.2 Å². The summed E-state index contributed by atoms with van der Waals surface area (Å²) in [6.45, 7) is 9.17. The number of ether oxygens (including phenoxy) is 1. The van der Waals surface area contributed by atoms with E-state index in [1.807, 2.05) is 0 Å². The molecule has 0 saturated heterocycles. The monoisotopic (exact) mass is 388 g/mol. The van der Waals surface area contributed by atoms with Gasteiger partial charge in [-0.15, -0.1) is 0 Å². The van der Waals surface area contributed by atoms with Gasteiger partial charge in [0.15, 0.2) is 11.5 Å². The third-order valence-corrected chi connectivity index (χ3v) is 7.45. The summed E-state index contributed by atoms with van der Waals surface area (Å²) in [7, 11) is 1.22. The number of hydrogen-bond donors (Lipinski definition) is 3. The fourth-order valence-electron chi connectivity index (χ4n) is 5.88. The maximum Gasteiger partial charge on any atom is 0.341 e. The molecule has 0 aromatic heterocycles. The lowest BCUT2D eigenvalue weighted by Crippen LogP contribution is -2.49. The van der Waals surface area contributed by atoms with Crippen LogP contribution >= 0.6 is 0 Å². The molecule has 0 amide bonds. The molecular formula is C23H32O5. The van der Waals surface area contributed by atoms with Gasteiger partial charge in [-0.3, -0.25) is 0 Å². The van der Waals surface area contributed by atoms with Crippen molar-refractivity contribution in [1.29, 1.82) is 0 Å². The molecule has 5 heteroatoms. The number of carbonyl (C=O) groups is 1. The van der Waals surface area contributed by atoms with Crippen LogP contribution in [0.25, 0.3) is 0 Å². The molecule has 2 aliphatic carbocycles. The summed E-state index contributed by atoms with van der Waals surface area (Å²) in [5, 5.41) is 30.7. The van der Waals surface area contributed by atoms with E-state index in [1.54, 1.807) is 0 Å². The van der Waals surface area contributed by atoms with Crippen LogP contribution in [0.5, 0.6) is 17.2 Å². The largest absolute Gasteiger partial charge is 0.504 e. The number of phenolic OH excluding ortho intramolecular Hbond substituents is 3. The van der Waals surface area contributed by atoms with Crippen LogP contribution in [0.4, 0.5) is 0 Å². The Bertz CT molecular complexity index is 823. The number of esters is 1. The molecule has 3 rings (SSSR count). The number of benzene rings is 1. The van der Waals surface area contributed by atoms with E-state index in [1.165, 1.54) is 31.6 Å². The molecule has 0 radical (unpaired) electrons. The number of carbonyl (C=O) groups excluding carboxylic acids is 1. The van der Waals surface area contributed by atoms with Gasteiger partial charge in [-0.1, -0.05) is 38.8 Å². The summed E-state index contributed by atoms with van der Waals surface area (Å²) in [5.41, 5.74) is 1.93. The summed E-state index contributed by atoms with van der Waals surface area (Å²) < 4.78 is 4.71. The van der Waals surface area contributed by atoms with E-state index in [0.29, 0.717) is 17.9 Å². The van der Waals surface area contributed by atoms with Gasteiger partial charge in [0.2, 0.25) is 5.75 Å². The van der Waals surface area contributed by atoms with Gasteiger partial charge >= 0.3 is 5.97 Å². The molecule has 1 aromatic rings. The van der Waals surface area contributed by atoms with Crippen LogP contribution < -0.4 is 0 Å². The molecule has 3 atom stereocenters. The second-order valence-corrected chi connectivity index (χ2v) is 9.46. The highest BCUT2D eigenvalue weighted by Crippen LogP contribution is 2.60. The topological polar surface area (TPSA) is 87.0 Å². The van der Waals surface area contributed by atoms with Crippen molar-refractivity contribution < 1.29 is 24.9 Å². The second kappa shape index (κ2) is 7.02. The molecule has 0 bridgehead atoms. The highest BCUT2D eigenvalue weighted by atomic mass is 16.5. The second-order valence-electron chi connectivity index (χ2n) is 9.46. The smallest absolute Gasteiger partial charge is 0.341 e. The molecule has 3 N–H and O–H groups in total. The summed E-state index contributed by atoms with van der Waals surface area (Å²) >= 11 is 0. The Labute approximate surface area is 167 Å². The minimum absolute atomic E-state index is 0.0754. The Hall–Kier alpha value is -2.17. The van der Waals surface area contributed by atoms with Gasteiger partial charge in [-0.05, 0) is 66.9 Å². The zero-order valence-electron chi connectivity index (χ0n) is 17.5. The van der Waals surface area contributed by atoms with Gasteiger partial charge in [0, 0.05) is 0 Å². The fourth-order valence-corrected chi connectivity index (χ4v) is 5.88. The van der Waals surface area contributed by atoms with Gasteiger partial charge in [-0.2, -0.15) is 0 Å².